The Morgan fingerprint density at radius 1 is 1.22 bits per heavy atom. The minimum atomic E-state index is -0.499. The zero-order valence-corrected chi connectivity index (χ0v) is 13.7. The Bertz CT molecular complexity index is 766. The first-order valence-corrected chi connectivity index (χ1v) is 7.95. The highest BCUT2D eigenvalue weighted by Crippen LogP contribution is 2.28. The van der Waals surface area contributed by atoms with Crippen LogP contribution in [0.4, 0.5) is 15.8 Å². The molecule has 1 heterocycles. The van der Waals surface area contributed by atoms with Crippen LogP contribution in [0.5, 0.6) is 0 Å². The van der Waals surface area contributed by atoms with Crippen LogP contribution in [0.15, 0.2) is 53.0 Å². The van der Waals surface area contributed by atoms with Gasteiger partial charge in [0, 0.05) is 23.1 Å². The van der Waals surface area contributed by atoms with E-state index in [9.17, 15) is 14.0 Å². The lowest BCUT2D eigenvalue weighted by molar-refractivity contribution is -0.122. The van der Waals surface area contributed by atoms with Gasteiger partial charge in [-0.1, -0.05) is 34.1 Å². The molecule has 0 aromatic heterocycles. The Morgan fingerprint density at radius 2 is 2.00 bits per heavy atom. The molecule has 0 saturated carbocycles. The second-order valence-corrected chi connectivity index (χ2v) is 6.27. The molecular weight excluding hydrogens is 363 g/mol. The molecule has 1 saturated heterocycles. The number of hydrogen-bond acceptors (Lipinski definition) is 2. The lowest BCUT2D eigenvalue weighted by atomic mass is 10.1. The third-order valence-corrected chi connectivity index (χ3v) is 4.24. The molecule has 3 rings (SSSR count). The van der Waals surface area contributed by atoms with Crippen LogP contribution in [-0.4, -0.2) is 18.4 Å². The highest BCUT2D eigenvalue weighted by Gasteiger charge is 2.35. The van der Waals surface area contributed by atoms with E-state index in [1.807, 2.05) is 24.3 Å². The summed E-state index contributed by atoms with van der Waals surface area (Å²) in [6.45, 7) is 0.287. The first kappa shape index (κ1) is 15.7. The number of carbonyl (C=O) groups is 2. The van der Waals surface area contributed by atoms with Crippen LogP contribution in [0.1, 0.15) is 6.42 Å². The Balaban J connectivity index is 1.72. The van der Waals surface area contributed by atoms with Crippen molar-refractivity contribution in [3.63, 3.8) is 0 Å². The largest absolute Gasteiger partial charge is 0.323 e. The average Bonchev–Trinajstić information content (AvgIpc) is 2.92. The number of nitrogens with zero attached hydrogens (tertiary/aromatic N) is 1. The number of hydrogen-bond donors (Lipinski definition) is 1. The summed E-state index contributed by atoms with van der Waals surface area (Å²) in [6, 6.07) is 13.3. The van der Waals surface area contributed by atoms with Crippen LogP contribution in [0.3, 0.4) is 0 Å². The van der Waals surface area contributed by atoms with Gasteiger partial charge in [-0.25, -0.2) is 4.39 Å². The van der Waals surface area contributed by atoms with E-state index in [1.54, 1.807) is 17.0 Å². The second-order valence-electron chi connectivity index (χ2n) is 5.35. The zero-order valence-electron chi connectivity index (χ0n) is 12.1. The molecule has 0 spiro atoms. The van der Waals surface area contributed by atoms with Gasteiger partial charge in [-0.2, -0.15) is 0 Å². The van der Waals surface area contributed by atoms with Gasteiger partial charge in [0.1, 0.15) is 5.82 Å². The summed E-state index contributed by atoms with van der Waals surface area (Å²) in [6.07, 6.45) is 0.118. The minimum absolute atomic E-state index is 0.114. The van der Waals surface area contributed by atoms with Crippen molar-refractivity contribution < 1.29 is 14.0 Å². The topological polar surface area (TPSA) is 49.4 Å². The predicted octanol–water partition coefficient (Wildman–Crippen LogP) is 3.58. The number of halogens is 2. The standard InChI is InChI=1S/C17H14BrFN2O2/c18-12-4-3-5-13(9-12)21-10-11(8-16(21)22)17(23)20-15-7-2-1-6-14(15)19/h1-7,9,11H,8,10H2,(H,20,23)/t11-/m1/s1. The molecule has 4 nitrogen and oxygen atoms in total. The molecular formula is C17H14BrFN2O2. The Labute approximate surface area is 141 Å². The fourth-order valence-corrected chi connectivity index (χ4v) is 2.96. The predicted molar refractivity (Wildman–Crippen MR) is 89.6 cm³/mol. The highest BCUT2D eigenvalue weighted by molar-refractivity contribution is 9.10. The summed E-state index contributed by atoms with van der Waals surface area (Å²) in [5.41, 5.74) is 0.872. The van der Waals surface area contributed by atoms with Crippen LogP contribution in [0, 0.1) is 11.7 Å². The summed E-state index contributed by atoms with van der Waals surface area (Å²) < 4.78 is 14.5. The fourth-order valence-electron chi connectivity index (χ4n) is 2.57. The normalized spacial score (nSPS) is 17.4. The number of amides is 2. The van der Waals surface area contributed by atoms with Crippen molar-refractivity contribution in [3.8, 4) is 0 Å². The molecule has 2 aromatic rings. The Hall–Kier alpha value is -2.21. The molecule has 0 radical (unpaired) electrons. The van der Waals surface area contributed by atoms with Crippen molar-refractivity contribution in [2.24, 2.45) is 5.92 Å². The average molecular weight is 377 g/mol. The third kappa shape index (κ3) is 3.42. The van der Waals surface area contributed by atoms with E-state index in [2.05, 4.69) is 21.2 Å². The number of carbonyl (C=O) groups excluding carboxylic acids is 2. The lowest BCUT2D eigenvalue weighted by Gasteiger charge is -2.17. The summed E-state index contributed by atoms with van der Waals surface area (Å²) in [4.78, 5) is 26.0. The van der Waals surface area contributed by atoms with Gasteiger partial charge in [0.2, 0.25) is 11.8 Å². The number of rotatable bonds is 3. The number of para-hydroxylation sites is 1. The molecule has 1 atom stereocenters. The molecule has 1 aliphatic heterocycles. The van der Waals surface area contributed by atoms with Crippen molar-refractivity contribution in [3.05, 3.63) is 58.8 Å². The van der Waals surface area contributed by atoms with Gasteiger partial charge in [-0.3, -0.25) is 9.59 Å². The molecule has 0 bridgehead atoms. The first-order valence-electron chi connectivity index (χ1n) is 7.16. The van der Waals surface area contributed by atoms with E-state index in [4.69, 9.17) is 0 Å². The van der Waals surface area contributed by atoms with Crippen LogP contribution < -0.4 is 10.2 Å². The smallest absolute Gasteiger partial charge is 0.229 e. The Morgan fingerprint density at radius 3 is 2.74 bits per heavy atom. The van der Waals surface area contributed by atoms with Crippen LogP contribution in [0.25, 0.3) is 0 Å². The van der Waals surface area contributed by atoms with E-state index in [0.717, 1.165) is 10.2 Å². The quantitative estimate of drug-likeness (QED) is 0.889. The molecule has 1 N–H and O–H groups in total. The van der Waals surface area contributed by atoms with Crippen molar-refractivity contribution in [2.45, 2.75) is 6.42 Å². The maximum atomic E-state index is 13.6. The van der Waals surface area contributed by atoms with E-state index >= 15 is 0 Å². The van der Waals surface area contributed by atoms with Crippen LogP contribution in [-0.2, 0) is 9.59 Å². The SMILES string of the molecule is O=C(Nc1ccccc1F)[C@@H]1CC(=O)N(c2cccc(Br)c2)C1. The number of nitrogens with one attached hydrogen (secondary N) is 1. The molecule has 1 fully saturated rings. The molecule has 1 aliphatic rings. The van der Waals surface area contributed by atoms with E-state index in [1.165, 1.54) is 12.1 Å². The second kappa shape index (κ2) is 6.50. The fraction of sp³-hybridized carbons (Fsp3) is 0.176. The Kier molecular flexibility index (Phi) is 4.43. The van der Waals surface area contributed by atoms with E-state index < -0.39 is 11.7 Å². The summed E-state index contributed by atoms with van der Waals surface area (Å²) in [5.74, 6) is -1.45. The molecule has 118 valence electrons. The van der Waals surface area contributed by atoms with Gasteiger partial charge in [0.05, 0.1) is 11.6 Å². The van der Waals surface area contributed by atoms with Gasteiger partial charge < -0.3 is 10.2 Å². The van der Waals surface area contributed by atoms with Gasteiger partial charge in [0.15, 0.2) is 0 Å². The molecule has 0 unspecified atom stereocenters. The minimum Gasteiger partial charge on any atom is -0.323 e. The molecule has 2 aromatic carbocycles. The van der Waals surface area contributed by atoms with Crippen molar-refractivity contribution >= 4 is 39.1 Å². The molecule has 0 aliphatic carbocycles. The summed E-state index contributed by atoms with van der Waals surface area (Å²) in [7, 11) is 0. The van der Waals surface area contributed by atoms with E-state index in [-0.39, 0.29) is 30.5 Å². The number of anilines is 2. The molecule has 2 amide bonds. The zero-order chi connectivity index (χ0) is 16.4. The lowest BCUT2D eigenvalue weighted by Crippen LogP contribution is -2.28. The van der Waals surface area contributed by atoms with Crippen molar-refractivity contribution in [2.75, 3.05) is 16.8 Å². The first-order chi connectivity index (χ1) is 11.0. The maximum Gasteiger partial charge on any atom is 0.229 e. The van der Waals surface area contributed by atoms with Crippen LogP contribution >= 0.6 is 15.9 Å². The van der Waals surface area contributed by atoms with Crippen LogP contribution in [0.2, 0.25) is 0 Å². The summed E-state index contributed by atoms with van der Waals surface area (Å²) in [5, 5.41) is 2.55. The molecule has 6 heteroatoms. The summed E-state index contributed by atoms with van der Waals surface area (Å²) >= 11 is 3.37. The molecule has 23 heavy (non-hydrogen) atoms. The maximum absolute atomic E-state index is 13.6. The van der Waals surface area contributed by atoms with Gasteiger partial charge in [-0.15, -0.1) is 0 Å². The van der Waals surface area contributed by atoms with Crippen molar-refractivity contribution in [1.29, 1.82) is 0 Å². The monoisotopic (exact) mass is 376 g/mol. The number of benzene rings is 2. The van der Waals surface area contributed by atoms with E-state index in [0.29, 0.717) is 0 Å². The van der Waals surface area contributed by atoms with Crippen molar-refractivity contribution in [1.82, 2.24) is 0 Å². The van der Waals surface area contributed by atoms with Gasteiger partial charge in [-0.05, 0) is 30.3 Å². The third-order valence-electron chi connectivity index (χ3n) is 3.75. The van der Waals surface area contributed by atoms with Gasteiger partial charge >= 0.3 is 0 Å². The highest BCUT2D eigenvalue weighted by atomic mass is 79.9. The van der Waals surface area contributed by atoms with Gasteiger partial charge in [0.25, 0.3) is 0 Å².